The number of carbonyl (C=O) groups is 2. The summed E-state index contributed by atoms with van der Waals surface area (Å²) in [5.74, 6) is 0.912. The third-order valence-corrected chi connectivity index (χ3v) is 4.50. The molecule has 1 aliphatic rings. The van der Waals surface area contributed by atoms with Crippen molar-refractivity contribution in [3.63, 3.8) is 0 Å². The third kappa shape index (κ3) is 4.96. The number of imide groups is 1. The number of urea groups is 1. The minimum absolute atomic E-state index is 0.263. The van der Waals surface area contributed by atoms with Crippen LogP contribution in [0.1, 0.15) is 37.0 Å². The molecule has 0 saturated carbocycles. The second-order valence-electron chi connectivity index (χ2n) is 6.86. The van der Waals surface area contributed by atoms with E-state index < -0.39 is 0 Å². The van der Waals surface area contributed by atoms with E-state index >= 15 is 0 Å². The van der Waals surface area contributed by atoms with E-state index in [4.69, 9.17) is 9.47 Å². The van der Waals surface area contributed by atoms with Gasteiger partial charge in [-0.15, -0.1) is 0 Å². The molecule has 2 aromatic rings. The van der Waals surface area contributed by atoms with Gasteiger partial charge in [-0.25, -0.2) is 4.79 Å². The van der Waals surface area contributed by atoms with Gasteiger partial charge in [0, 0.05) is 6.54 Å². The van der Waals surface area contributed by atoms with Crippen molar-refractivity contribution in [2.45, 2.75) is 33.8 Å². The second kappa shape index (κ2) is 9.28. The van der Waals surface area contributed by atoms with E-state index in [-0.39, 0.29) is 17.6 Å². The molecule has 29 heavy (non-hydrogen) atoms. The van der Waals surface area contributed by atoms with E-state index in [9.17, 15) is 9.59 Å². The van der Waals surface area contributed by atoms with Crippen LogP contribution >= 0.6 is 0 Å². The van der Waals surface area contributed by atoms with Crippen LogP contribution in [0.5, 0.6) is 11.5 Å². The Labute approximate surface area is 171 Å². The quantitative estimate of drug-likeness (QED) is 0.536. The van der Waals surface area contributed by atoms with Gasteiger partial charge in [-0.05, 0) is 49.6 Å². The normalized spacial score (nSPS) is 15.0. The summed E-state index contributed by atoms with van der Waals surface area (Å²) in [5, 5.41) is 2.63. The summed E-state index contributed by atoms with van der Waals surface area (Å²) in [7, 11) is 0. The fraction of sp³-hybridized carbons (Fsp3) is 0.304. The molecule has 1 N–H and O–H groups in total. The summed E-state index contributed by atoms with van der Waals surface area (Å²) >= 11 is 0. The van der Waals surface area contributed by atoms with Crippen molar-refractivity contribution in [3.05, 3.63) is 64.9 Å². The van der Waals surface area contributed by atoms with E-state index in [1.165, 1.54) is 10.5 Å². The van der Waals surface area contributed by atoms with Gasteiger partial charge in [0.1, 0.15) is 12.3 Å². The second-order valence-corrected chi connectivity index (χ2v) is 6.86. The predicted molar refractivity (Wildman–Crippen MR) is 112 cm³/mol. The van der Waals surface area contributed by atoms with Crippen LogP contribution < -0.4 is 14.8 Å². The summed E-state index contributed by atoms with van der Waals surface area (Å²) in [4.78, 5) is 25.6. The number of carbonyl (C=O) groups excluding carboxylic acids is 2. The number of ether oxygens (including phenoxy) is 2. The van der Waals surface area contributed by atoms with Gasteiger partial charge in [-0.3, -0.25) is 9.69 Å². The Morgan fingerprint density at radius 2 is 1.76 bits per heavy atom. The van der Waals surface area contributed by atoms with Crippen molar-refractivity contribution < 1.29 is 19.1 Å². The zero-order valence-electron chi connectivity index (χ0n) is 17.0. The average Bonchev–Trinajstić information content (AvgIpc) is 2.97. The number of benzene rings is 2. The van der Waals surface area contributed by atoms with Gasteiger partial charge in [0.2, 0.25) is 0 Å². The van der Waals surface area contributed by atoms with Crippen LogP contribution in [0.15, 0.2) is 48.2 Å². The van der Waals surface area contributed by atoms with Gasteiger partial charge >= 0.3 is 6.03 Å². The smallest absolute Gasteiger partial charge is 0.329 e. The predicted octanol–water partition coefficient (Wildman–Crippen LogP) is 4.28. The molecular formula is C23H26N2O4. The molecule has 1 fully saturated rings. The first kappa shape index (κ1) is 20.5. The fourth-order valence-electron chi connectivity index (χ4n) is 3.01. The number of hydrogen-bond acceptors (Lipinski definition) is 4. The van der Waals surface area contributed by atoms with Crippen LogP contribution in [0, 0.1) is 6.92 Å². The summed E-state index contributed by atoms with van der Waals surface area (Å²) in [6.07, 6.45) is 2.37. The number of rotatable bonds is 8. The highest BCUT2D eigenvalue weighted by Gasteiger charge is 2.32. The topological polar surface area (TPSA) is 67.9 Å². The molecule has 0 aliphatic carbocycles. The minimum atomic E-state index is -0.383. The zero-order chi connectivity index (χ0) is 20.8. The van der Waals surface area contributed by atoms with E-state index in [0.29, 0.717) is 37.7 Å². The Kier molecular flexibility index (Phi) is 6.54. The maximum absolute atomic E-state index is 12.4. The molecule has 0 unspecified atom stereocenters. The van der Waals surface area contributed by atoms with E-state index in [1.807, 2.05) is 63.2 Å². The Hall–Kier alpha value is -3.28. The van der Waals surface area contributed by atoms with Crippen LogP contribution in [-0.2, 0) is 11.4 Å². The SMILES string of the molecule is CCCN1C(=O)N/C(=C/c2ccc(OCc3ccc(C)cc3)c(OCC)c2)C1=O. The highest BCUT2D eigenvalue weighted by atomic mass is 16.5. The van der Waals surface area contributed by atoms with Gasteiger partial charge < -0.3 is 14.8 Å². The number of amides is 3. The molecule has 1 aliphatic heterocycles. The summed E-state index contributed by atoms with van der Waals surface area (Å²) in [6, 6.07) is 13.2. The Balaban J connectivity index is 1.77. The van der Waals surface area contributed by atoms with Crippen molar-refractivity contribution in [2.24, 2.45) is 0 Å². The summed E-state index contributed by atoms with van der Waals surface area (Å²) < 4.78 is 11.7. The fourth-order valence-corrected chi connectivity index (χ4v) is 3.01. The van der Waals surface area contributed by atoms with Crippen molar-refractivity contribution in [1.29, 1.82) is 0 Å². The molecule has 2 aromatic carbocycles. The highest BCUT2D eigenvalue weighted by Crippen LogP contribution is 2.30. The van der Waals surface area contributed by atoms with Crippen LogP contribution in [-0.4, -0.2) is 30.0 Å². The monoisotopic (exact) mass is 394 g/mol. The zero-order valence-corrected chi connectivity index (χ0v) is 17.0. The molecule has 3 amide bonds. The van der Waals surface area contributed by atoms with E-state index in [1.54, 1.807) is 6.08 Å². The lowest BCUT2D eigenvalue weighted by Crippen LogP contribution is -2.31. The Bertz CT molecular complexity index is 919. The molecule has 6 heteroatoms. The molecule has 1 saturated heterocycles. The summed E-state index contributed by atoms with van der Waals surface area (Å²) in [6.45, 7) is 7.19. The number of hydrogen-bond donors (Lipinski definition) is 1. The maximum Gasteiger partial charge on any atom is 0.329 e. The van der Waals surface area contributed by atoms with Crippen LogP contribution in [0.3, 0.4) is 0 Å². The van der Waals surface area contributed by atoms with Crippen molar-refractivity contribution in [3.8, 4) is 11.5 Å². The van der Waals surface area contributed by atoms with Crippen LogP contribution in [0.25, 0.3) is 6.08 Å². The van der Waals surface area contributed by atoms with Crippen LogP contribution in [0.4, 0.5) is 4.79 Å². The Morgan fingerprint density at radius 1 is 1.00 bits per heavy atom. The van der Waals surface area contributed by atoms with Gasteiger partial charge in [-0.1, -0.05) is 42.8 Å². The van der Waals surface area contributed by atoms with Gasteiger partial charge in [-0.2, -0.15) is 0 Å². The molecule has 152 valence electrons. The van der Waals surface area contributed by atoms with Gasteiger partial charge in [0.05, 0.1) is 6.61 Å². The standard InChI is InChI=1S/C23H26N2O4/c1-4-12-25-22(26)19(24-23(25)27)13-18-10-11-20(21(14-18)28-5-2)29-15-17-8-6-16(3)7-9-17/h6-11,13-14H,4-5,12,15H2,1-3H3,(H,24,27)/b19-13+. The minimum Gasteiger partial charge on any atom is -0.490 e. The number of nitrogens with zero attached hydrogens (tertiary/aromatic N) is 1. The Morgan fingerprint density at radius 3 is 2.45 bits per heavy atom. The molecule has 0 atom stereocenters. The molecule has 0 spiro atoms. The van der Waals surface area contributed by atoms with Crippen molar-refractivity contribution >= 4 is 18.0 Å². The molecule has 0 aromatic heterocycles. The molecule has 3 rings (SSSR count). The number of nitrogens with one attached hydrogen (secondary N) is 1. The van der Waals surface area contributed by atoms with Crippen molar-refractivity contribution in [1.82, 2.24) is 10.2 Å². The largest absolute Gasteiger partial charge is 0.490 e. The molecule has 1 heterocycles. The highest BCUT2D eigenvalue weighted by molar-refractivity contribution is 6.13. The maximum atomic E-state index is 12.4. The van der Waals surface area contributed by atoms with Crippen LogP contribution in [0.2, 0.25) is 0 Å². The third-order valence-electron chi connectivity index (χ3n) is 4.50. The molecular weight excluding hydrogens is 368 g/mol. The first-order chi connectivity index (χ1) is 14.0. The summed E-state index contributed by atoms with van der Waals surface area (Å²) in [5.41, 5.74) is 3.28. The van der Waals surface area contributed by atoms with E-state index in [2.05, 4.69) is 5.32 Å². The molecule has 6 nitrogen and oxygen atoms in total. The van der Waals surface area contributed by atoms with Gasteiger partial charge in [0.25, 0.3) is 5.91 Å². The number of aryl methyl sites for hydroxylation is 1. The molecule has 0 radical (unpaired) electrons. The lowest BCUT2D eigenvalue weighted by molar-refractivity contribution is -0.122. The van der Waals surface area contributed by atoms with Crippen molar-refractivity contribution in [2.75, 3.05) is 13.2 Å². The average molecular weight is 394 g/mol. The first-order valence-electron chi connectivity index (χ1n) is 9.81. The van der Waals surface area contributed by atoms with E-state index in [0.717, 1.165) is 11.1 Å². The lowest BCUT2D eigenvalue weighted by Gasteiger charge is -2.13. The lowest BCUT2D eigenvalue weighted by atomic mass is 10.1. The molecule has 0 bridgehead atoms. The first-order valence-corrected chi connectivity index (χ1v) is 9.81. The van der Waals surface area contributed by atoms with Gasteiger partial charge in [0.15, 0.2) is 11.5 Å².